The Bertz CT molecular complexity index is 971. The first-order valence-electron chi connectivity index (χ1n) is 7.54. The van der Waals surface area contributed by atoms with E-state index in [0.29, 0.717) is 39.4 Å². The van der Waals surface area contributed by atoms with Crippen molar-refractivity contribution >= 4 is 40.5 Å². The third kappa shape index (κ3) is 3.93. The van der Waals surface area contributed by atoms with Crippen molar-refractivity contribution in [2.75, 3.05) is 5.73 Å². The lowest BCUT2D eigenvalue weighted by molar-refractivity contribution is 0.749. The van der Waals surface area contributed by atoms with Gasteiger partial charge in [-0.15, -0.1) is 0 Å². The van der Waals surface area contributed by atoms with Crippen LogP contribution in [0.1, 0.15) is 22.5 Å². The summed E-state index contributed by atoms with van der Waals surface area (Å²) in [6.07, 6.45) is 0.569. The Morgan fingerprint density at radius 2 is 1.76 bits per heavy atom. The molecular weight excluding hydrogens is 377 g/mol. The average molecular weight is 391 g/mol. The van der Waals surface area contributed by atoms with E-state index in [2.05, 4.69) is 6.07 Å². The highest BCUT2D eigenvalue weighted by Gasteiger charge is 2.15. The number of anilines is 1. The fourth-order valence-corrected chi connectivity index (χ4v) is 3.42. The van der Waals surface area contributed by atoms with Crippen molar-refractivity contribution < 1.29 is 0 Å². The molecule has 25 heavy (non-hydrogen) atoms. The van der Waals surface area contributed by atoms with Gasteiger partial charge in [-0.2, -0.15) is 5.26 Å². The Kier molecular flexibility index (Phi) is 5.24. The maximum atomic E-state index is 9.46. The second-order valence-corrected chi connectivity index (χ2v) is 6.95. The molecule has 0 saturated heterocycles. The van der Waals surface area contributed by atoms with E-state index < -0.39 is 0 Å². The number of aromatic nitrogens is 1. The predicted octanol–water partition coefficient (Wildman–Crippen LogP) is 5.54. The minimum Gasteiger partial charge on any atom is -0.397 e. The van der Waals surface area contributed by atoms with E-state index in [-0.39, 0.29) is 0 Å². The van der Waals surface area contributed by atoms with Gasteiger partial charge in [0.25, 0.3) is 0 Å². The van der Waals surface area contributed by atoms with Gasteiger partial charge in [0, 0.05) is 27.2 Å². The van der Waals surface area contributed by atoms with Gasteiger partial charge in [-0.05, 0) is 41.5 Å². The maximum Gasteiger partial charge on any atom is 0.122 e. The maximum absolute atomic E-state index is 9.46. The second kappa shape index (κ2) is 7.41. The molecular formula is C19H14Cl3N3. The Labute approximate surface area is 161 Å². The number of hydrogen-bond acceptors (Lipinski definition) is 2. The van der Waals surface area contributed by atoms with Gasteiger partial charge in [0.15, 0.2) is 0 Å². The van der Waals surface area contributed by atoms with E-state index in [9.17, 15) is 5.26 Å². The molecule has 3 rings (SSSR count). The molecule has 0 spiro atoms. The smallest absolute Gasteiger partial charge is 0.122 e. The molecule has 0 aliphatic carbocycles. The molecule has 0 saturated carbocycles. The molecule has 3 nitrogen and oxygen atoms in total. The number of nitrogens with two attached hydrogens (primary N) is 1. The quantitative estimate of drug-likeness (QED) is 0.635. The molecule has 3 aromatic rings. The highest BCUT2D eigenvalue weighted by Crippen LogP contribution is 2.27. The van der Waals surface area contributed by atoms with Crippen molar-refractivity contribution in [3.63, 3.8) is 0 Å². The van der Waals surface area contributed by atoms with Crippen molar-refractivity contribution in [2.45, 2.75) is 13.0 Å². The molecule has 0 unspecified atom stereocenters. The largest absolute Gasteiger partial charge is 0.397 e. The summed E-state index contributed by atoms with van der Waals surface area (Å²) < 4.78 is 1.88. The summed E-state index contributed by atoms with van der Waals surface area (Å²) in [5, 5.41) is 11.2. The summed E-state index contributed by atoms with van der Waals surface area (Å²) in [6.45, 7) is 0.437. The SMILES string of the molecule is N#Cc1cc(N)c(Cc2cccc(Cl)c2)n1Cc1ccc(Cl)cc1Cl. The first-order chi connectivity index (χ1) is 12.0. The van der Waals surface area contributed by atoms with Crippen LogP contribution in [0.2, 0.25) is 15.1 Å². The lowest BCUT2D eigenvalue weighted by Gasteiger charge is -2.13. The average Bonchev–Trinajstić information content (AvgIpc) is 2.86. The van der Waals surface area contributed by atoms with Crippen LogP contribution in [0.25, 0.3) is 0 Å². The first-order valence-corrected chi connectivity index (χ1v) is 8.67. The Morgan fingerprint density at radius 1 is 1.00 bits per heavy atom. The van der Waals surface area contributed by atoms with Gasteiger partial charge < -0.3 is 10.3 Å². The summed E-state index contributed by atoms with van der Waals surface area (Å²) in [4.78, 5) is 0. The lowest BCUT2D eigenvalue weighted by Crippen LogP contribution is -2.09. The van der Waals surface area contributed by atoms with Crippen molar-refractivity contribution in [1.82, 2.24) is 4.57 Å². The van der Waals surface area contributed by atoms with E-state index in [1.165, 1.54) is 0 Å². The van der Waals surface area contributed by atoms with Gasteiger partial charge in [0.05, 0.1) is 12.2 Å². The minimum atomic E-state index is 0.437. The third-order valence-electron chi connectivity index (χ3n) is 3.96. The van der Waals surface area contributed by atoms with Crippen LogP contribution in [0.3, 0.4) is 0 Å². The number of nitrogens with zero attached hydrogens (tertiary/aromatic N) is 2. The molecule has 0 fully saturated rings. The Morgan fingerprint density at radius 3 is 2.44 bits per heavy atom. The Hall–Kier alpha value is -2.12. The van der Waals surface area contributed by atoms with Crippen molar-refractivity contribution in [1.29, 1.82) is 5.26 Å². The number of halogens is 3. The minimum absolute atomic E-state index is 0.437. The number of nitrogen functional groups attached to an aromatic ring is 1. The standard InChI is InChI=1S/C19H14Cl3N3/c20-14-3-1-2-12(6-14)7-19-18(24)9-16(10-23)25(19)11-13-4-5-15(21)8-17(13)22/h1-6,8-9H,7,11,24H2. The first kappa shape index (κ1) is 17.7. The third-order valence-corrected chi connectivity index (χ3v) is 4.78. The van der Waals surface area contributed by atoms with Crippen molar-refractivity contribution in [3.8, 4) is 6.07 Å². The van der Waals surface area contributed by atoms with Gasteiger partial charge in [-0.3, -0.25) is 0 Å². The van der Waals surface area contributed by atoms with Gasteiger partial charge in [-0.25, -0.2) is 0 Å². The molecule has 2 N–H and O–H groups in total. The zero-order valence-electron chi connectivity index (χ0n) is 13.1. The van der Waals surface area contributed by atoms with Crippen LogP contribution in [0.4, 0.5) is 5.69 Å². The molecule has 0 atom stereocenters. The van der Waals surface area contributed by atoms with Crippen LogP contribution >= 0.6 is 34.8 Å². The highest BCUT2D eigenvalue weighted by molar-refractivity contribution is 6.35. The Balaban J connectivity index is 2.01. The van der Waals surface area contributed by atoms with E-state index in [0.717, 1.165) is 16.8 Å². The second-order valence-electron chi connectivity index (χ2n) is 5.67. The molecule has 0 amide bonds. The topological polar surface area (TPSA) is 54.7 Å². The van der Waals surface area contributed by atoms with Crippen molar-refractivity contribution in [2.24, 2.45) is 0 Å². The molecule has 1 aromatic heterocycles. The van der Waals surface area contributed by atoms with Crippen molar-refractivity contribution in [3.05, 3.63) is 86.1 Å². The van der Waals surface area contributed by atoms with Gasteiger partial charge in [0.1, 0.15) is 11.8 Å². The molecule has 6 heteroatoms. The zero-order valence-corrected chi connectivity index (χ0v) is 15.4. The van der Waals surface area contributed by atoms with Crippen LogP contribution in [-0.4, -0.2) is 4.57 Å². The molecule has 0 aliphatic rings. The van der Waals surface area contributed by atoms with E-state index in [1.807, 2.05) is 34.9 Å². The van der Waals surface area contributed by atoms with Crippen LogP contribution in [-0.2, 0) is 13.0 Å². The fourth-order valence-electron chi connectivity index (χ4n) is 2.74. The van der Waals surface area contributed by atoms with Crippen LogP contribution in [0, 0.1) is 11.3 Å². The molecule has 2 aromatic carbocycles. The summed E-state index contributed by atoms with van der Waals surface area (Å²) >= 11 is 18.3. The number of nitriles is 1. The van der Waals surface area contributed by atoms with E-state index >= 15 is 0 Å². The van der Waals surface area contributed by atoms with Crippen LogP contribution in [0.15, 0.2) is 48.5 Å². The van der Waals surface area contributed by atoms with Crippen LogP contribution in [0.5, 0.6) is 0 Å². The van der Waals surface area contributed by atoms with Gasteiger partial charge >= 0.3 is 0 Å². The zero-order chi connectivity index (χ0) is 18.0. The lowest BCUT2D eigenvalue weighted by atomic mass is 10.1. The molecule has 0 aliphatic heterocycles. The van der Waals surface area contributed by atoms with Gasteiger partial charge in [0.2, 0.25) is 0 Å². The fraction of sp³-hybridized carbons (Fsp3) is 0.105. The van der Waals surface area contributed by atoms with Crippen LogP contribution < -0.4 is 5.73 Å². The predicted molar refractivity (Wildman–Crippen MR) is 103 cm³/mol. The summed E-state index contributed by atoms with van der Waals surface area (Å²) in [6, 6.07) is 16.8. The number of benzene rings is 2. The summed E-state index contributed by atoms with van der Waals surface area (Å²) in [5.74, 6) is 0. The number of rotatable bonds is 4. The molecule has 126 valence electrons. The summed E-state index contributed by atoms with van der Waals surface area (Å²) in [5.41, 5.74) is 9.95. The van der Waals surface area contributed by atoms with E-state index in [1.54, 1.807) is 18.2 Å². The molecule has 0 radical (unpaired) electrons. The van der Waals surface area contributed by atoms with E-state index in [4.69, 9.17) is 40.5 Å². The molecule has 0 bridgehead atoms. The van der Waals surface area contributed by atoms with Gasteiger partial charge in [-0.1, -0.05) is 53.0 Å². The monoisotopic (exact) mass is 389 g/mol. The highest BCUT2D eigenvalue weighted by atomic mass is 35.5. The number of hydrogen-bond donors (Lipinski definition) is 1. The molecule has 1 heterocycles. The normalized spacial score (nSPS) is 10.6. The summed E-state index contributed by atoms with van der Waals surface area (Å²) in [7, 11) is 0.